The molecule has 0 aliphatic rings. The molecule has 3 nitrogen and oxygen atoms in total. The normalized spacial score (nSPS) is 10.2. The highest BCUT2D eigenvalue weighted by atomic mass is 32.1. The van der Waals surface area contributed by atoms with E-state index in [2.05, 4.69) is 5.32 Å². The Bertz CT molecular complexity index is 647. The number of nitrogens with one attached hydrogen (secondary N) is 1. The largest absolute Gasteiger partial charge is 0.389 e. The van der Waals surface area contributed by atoms with Gasteiger partial charge in [0.05, 0.1) is 10.6 Å². The van der Waals surface area contributed by atoms with Gasteiger partial charge >= 0.3 is 0 Å². The minimum atomic E-state index is -0.138. The standard InChI is InChI=1S/C14H14N2OS2/c1-8-4-3-5-10(12(8)13(15)18)16-14(17)11-7-6-9(2)19-11/h3-7H,1-2H3,(H2,15,18)(H,16,17). The van der Waals surface area contributed by atoms with Crippen molar-refractivity contribution in [3.63, 3.8) is 0 Å². The van der Waals surface area contributed by atoms with Crippen LogP contribution in [-0.2, 0) is 0 Å². The molecule has 0 unspecified atom stereocenters. The van der Waals surface area contributed by atoms with Crippen molar-refractivity contribution in [1.82, 2.24) is 0 Å². The maximum Gasteiger partial charge on any atom is 0.265 e. The van der Waals surface area contributed by atoms with Crippen molar-refractivity contribution >= 4 is 40.1 Å². The van der Waals surface area contributed by atoms with Gasteiger partial charge in [-0.1, -0.05) is 24.4 Å². The topological polar surface area (TPSA) is 55.1 Å². The second-order valence-electron chi connectivity index (χ2n) is 4.23. The molecule has 1 aromatic carbocycles. The molecule has 0 aliphatic carbocycles. The van der Waals surface area contributed by atoms with Gasteiger partial charge in [-0.25, -0.2) is 0 Å². The number of hydrogen-bond acceptors (Lipinski definition) is 3. The van der Waals surface area contributed by atoms with Gasteiger partial charge in [-0.3, -0.25) is 4.79 Å². The van der Waals surface area contributed by atoms with Crippen LogP contribution >= 0.6 is 23.6 Å². The lowest BCUT2D eigenvalue weighted by Gasteiger charge is -2.11. The number of nitrogens with two attached hydrogens (primary N) is 1. The van der Waals surface area contributed by atoms with Crippen LogP contribution in [0.2, 0.25) is 0 Å². The molecule has 3 N–H and O–H groups in total. The Balaban J connectivity index is 2.31. The average molecular weight is 290 g/mol. The third-order valence-corrected chi connectivity index (χ3v) is 3.94. The molecule has 1 amide bonds. The Morgan fingerprint density at radius 3 is 2.58 bits per heavy atom. The molecule has 0 aliphatic heterocycles. The first-order valence-corrected chi connectivity index (χ1v) is 6.98. The maximum absolute atomic E-state index is 12.1. The van der Waals surface area contributed by atoms with Crippen molar-refractivity contribution in [3.05, 3.63) is 51.2 Å². The second-order valence-corrected chi connectivity index (χ2v) is 5.95. The van der Waals surface area contributed by atoms with E-state index in [0.717, 1.165) is 16.0 Å². The Kier molecular flexibility index (Phi) is 3.97. The number of rotatable bonds is 3. The number of carbonyl (C=O) groups is 1. The quantitative estimate of drug-likeness (QED) is 0.853. The first-order chi connectivity index (χ1) is 8.99. The van der Waals surface area contributed by atoms with Gasteiger partial charge in [0.15, 0.2) is 0 Å². The second kappa shape index (κ2) is 5.50. The first kappa shape index (κ1) is 13.7. The number of thiocarbonyl (C=S) groups is 1. The molecular weight excluding hydrogens is 276 g/mol. The van der Waals surface area contributed by atoms with E-state index in [1.807, 2.05) is 38.1 Å². The van der Waals surface area contributed by atoms with Gasteiger partial charge in [0.25, 0.3) is 5.91 Å². The van der Waals surface area contributed by atoms with Crippen molar-refractivity contribution in [2.45, 2.75) is 13.8 Å². The fraction of sp³-hybridized carbons (Fsp3) is 0.143. The van der Waals surface area contributed by atoms with Gasteiger partial charge in [-0.05, 0) is 37.6 Å². The van der Waals surface area contributed by atoms with Gasteiger partial charge in [-0.2, -0.15) is 0 Å². The molecule has 0 atom stereocenters. The molecule has 1 heterocycles. The molecule has 5 heteroatoms. The number of thiophene rings is 1. The van der Waals surface area contributed by atoms with Gasteiger partial charge in [0.1, 0.15) is 4.99 Å². The molecule has 0 radical (unpaired) electrons. The summed E-state index contributed by atoms with van der Waals surface area (Å²) in [7, 11) is 0. The summed E-state index contributed by atoms with van der Waals surface area (Å²) in [6.45, 7) is 3.88. The highest BCUT2D eigenvalue weighted by Gasteiger charge is 2.13. The molecule has 98 valence electrons. The lowest BCUT2D eigenvalue weighted by atomic mass is 10.1. The zero-order valence-corrected chi connectivity index (χ0v) is 12.3. The summed E-state index contributed by atoms with van der Waals surface area (Å²) in [5.74, 6) is -0.138. The van der Waals surface area contributed by atoms with Crippen LogP contribution in [0.1, 0.15) is 25.7 Å². The number of carbonyl (C=O) groups excluding carboxylic acids is 1. The van der Waals surface area contributed by atoms with E-state index in [-0.39, 0.29) is 10.9 Å². The predicted molar refractivity (Wildman–Crippen MR) is 84.1 cm³/mol. The minimum Gasteiger partial charge on any atom is -0.389 e. The molecule has 0 spiro atoms. The zero-order valence-electron chi connectivity index (χ0n) is 10.7. The fourth-order valence-electron chi connectivity index (χ4n) is 1.84. The lowest BCUT2D eigenvalue weighted by molar-refractivity contribution is 0.103. The lowest BCUT2D eigenvalue weighted by Crippen LogP contribution is -2.18. The van der Waals surface area contributed by atoms with E-state index >= 15 is 0 Å². The van der Waals surface area contributed by atoms with Crippen molar-refractivity contribution in [1.29, 1.82) is 0 Å². The number of aryl methyl sites for hydroxylation is 2. The summed E-state index contributed by atoms with van der Waals surface area (Å²) in [6, 6.07) is 9.32. The summed E-state index contributed by atoms with van der Waals surface area (Å²) < 4.78 is 0. The third-order valence-electron chi connectivity index (χ3n) is 2.73. The van der Waals surface area contributed by atoms with Gasteiger partial charge in [-0.15, -0.1) is 11.3 Å². The van der Waals surface area contributed by atoms with Crippen LogP contribution in [0.4, 0.5) is 5.69 Å². The summed E-state index contributed by atoms with van der Waals surface area (Å²) >= 11 is 6.50. The van der Waals surface area contributed by atoms with Crippen LogP contribution < -0.4 is 11.1 Å². The molecule has 1 aromatic heterocycles. The molecule has 19 heavy (non-hydrogen) atoms. The predicted octanol–water partition coefficient (Wildman–Crippen LogP) is 3.25. The third kappa shape index (κ3) is 3.00. The highest BCUT2D eigenvalue weighted by molar-refractivity contribution is 7.80. The molecule has 2 aromatic rings. The number of hydrogen-bond donors (Lipinski definition) is 2. The Labute approximate surface area is 121 Å². The van der Waals surface area contributed by atoms with Gasteiger partial charge in [0, 0.05) is 10.4 Å². The number of amides is 1. The van der Waals surface area contributed by atoms with E-state index in [1.165, 1.54) is 11.3 Å². The van der Waals surface area contributed by atoms with E-state index in [1.54, 1.807) is 6.07 Å². The number of benzene rings is 1. The average Bonchev–Trinajstić information content (AvgIpc) is 2.75. The van der Waals surface area contributed by atoms with Crippen LogP contribution in [-0.4, -0.2) is 10.9 Å². The fourth-order valence-corrected chi connectivity index (χ4v) is 2.87. The Morgan fingerprint density at radius 2 is 2.00 bits per heavy atom. The summed E-state index contributed by atoms with van der Waals surface area (Å²) in [5, 5.41) is 2.87. The maximum atomic E-state index is 12.1. The first-order valence-electron chi connectivity index (χ1n) is 5.76. The van der Waals surface area contributed by atoms with Crippen molar-refractivity contribution < 1.29 is 4.79 Å². The van der Waals surface area contributed by atoms with Crippen molar-refractivity contribution in [2.75, 3.05) is 5.32 Å². The van der Waals surface area contributed by atoms with Gasteiger partial charge in [0.2, 0.25) is 0 Å². The Hall–Kier alpha value is -1.72. The molecule has 0 fully saturated rings. The molecule has 0 saturated carbocycles. The van der Waals surface area contributed by atoms with E-state index < -0.39 is 0 Å². The van der Waals surface area contributed by atoms with Gasteiger partial charge < -0.3 is 11.1 Å². The minimum absolute atomic E-state index is 0.138. The summed E-state index contributed by atoms with van der Waals surface area (Å²) in [4.78, 5) is 14.2. The zero-order chi connectivity index (χ0) is 14.0. The Morgan fingerprint density at radius 1 is 1.26 bits per heavy atom. The van der Waals surface area contributed by atoms with Crippen molar-refractivity contribution in [2.24, 2.45) is 5.73 Å². The summed E-state index contributed by atoms with van der Waals surface area (Å²) in [6.07, 6.45) is 0. The number of anilines is 1. The van der Waals surface area contributed by atoms with E-state index in [0.29, 0.717) is 10.6 Å². The molecule has 0 bridgehead atoms. The monoisotopic (exact) mass is 290 g/mol. The summed E-state index contributed by atoms with van der Waals surface area (Å²) in [5.41, 5.74) is 8.05. The van der Waals surface area contributed by atoms with Crippen LogP contribution in [0.15, 0.2) is 30.3 Å². The molecule has 2 rings (SSSR count). The van der Waals surface area contributed by atoms with Crippen LogP contribution in [0.3, 0.4) is 0 Å². The highest BCUT2D eigenvalue weighted by Crippen LogP contribution is 2.22. The SMILES string of the molecule is Cc1ccc(C(=O)Nc2cccc(C)c2C(N)=S)s1. The van der Waals surface area contributed by atoms with E-state index in [4.69, 9.17) is 18.0 Å². The van der Waals surface area contributed by atoms with Crippen LogP contribution in [0.25, 0.3) is 0 Å². The molecular formula is C14H14N2OS2. The van der Waals surface area contributed by atoms with Crippen LogP contribution in [0, 0.1) is 13.8 Å². The van der Waals surface area contributed by atoms with Crippen molar-refractivity contribution in [3.8, 4) is 0 Å². The van der Waals surface area contributed by atoms with Crippen LogP contribution in [0.5, 0.6) is 0 Å². The molecule has 0 saturated heterocycles. The van der Waals surface area contributed by atoms with E-state index in [9.17, 15) is 4.79 Å². The smallest absolute Gasteiger partial charge is 0.265 e.